The molecular weight excluding hydrogens is 248 g/mol. The number of rotatable bonds is 3. The van der Waals surface area contributed by atoms with Gasteiger partial charge in [-0.15, -0.1) is 0 Å². The molecule has 1 fully saturated rings. The molecule has 1 saturated carbocycles. The van der Waals surface area contributed by atoms with Crippen molar-refractivity contribution in [1.29, 1.82) is 0 Å². The Kier molecular flexibility index (Phi) is 3.62. The van der Waals surface area contributed by atoms with Crippen LogP contribution in [0.15, 0.2) is 23.0 Å². The van der Waals surface area contributed by atoms with Gasteiger partial charge in [-0.2, -0.15) is 0 Å². The van der Waals surface area contributed by atoms with Gasteiger partial charge in [0.05, 0.1) is 17.1 Å². The van der Waals surface area contributed by atoms with E-state index in [2.05, 4.69) is 35.4 Å². The van der Waals surface area contributed by atoms with Crippen molar-refractivity contribution in [2.45, 2.75) is 52.1 Å². The lowest BCUT2D eigenvalue weighted by atomic mass is 10.0. The summed E-state index contributed by atoms with van der Waals surface area (Å²) in [4.78, 5) is 15.3. The van der Waals surface area contributed by atoms with Crippen LogP contribution in [0.25, 0.3) is 10.9 Å². The Labute approximate surface area is 119 Å². The molecular formula is C17H23N2O+. The Balaban J connectivity index is 1.93. The minimum Gasteiger partial charge on any atom is -0.340 e. The third-order valence-corrected chi connectivity index (χ3v) is 4.59. The topological polar surface area (TPSA) is 49.5 Å². The fourth-order valence-electron chi connectivity index (χ4n) is 3.26. The third kappa shape index (κ3) is 2.50. The predicted molar refractivity (Wildman–Crippen MR) is 81.9 cm³/mol. The van der Waals surface area contributed by atoms with Crippen LogP contribution in [0.4, 0.5) is 0 Å². The molecule has 0 bridgehead atoms. The molecule has 0 unspecified atom stereocenters. The van der Waals surface area contributed by atoms with Gasteiger partial charge in [0.15, 0.2) is 0 Å². The Bertz CT molecular complexity index is 681. The monoisotopic (exact) mass is 271 g/mol. The SMILES string of the molecule is Cc1ccc(C)c2[nH]c(=O)c(C[NH2+]C3CCCC3)cc12. The average molecular weight is 271 g/mol. The molecule has 3 heteroatoms. The number of nitrogens with one attached hydrogen (secondary N) is 1. The van der Waals surface area contributed by atoms with Crippen molar-refractivity contribution < 1.29 is 5.32 Å². The highest BCUT2D eigenvalue weighted by molar-refractivity contribution is 5.85. The van der Waals surface area contributed by atoms with Gasteiger partial charge in [0, 0.05) is 5.39 Å². The molecule has 20 heavy (non-hydrogen) atoms. The van der Waals surface area contributed by atoms with Crippen LogP contribution in [-0.2, 0) is 6.54 Å². The van der Waals surface area contributed by atoms with E-state index < -0.39 is 0 Å². The van der Waals surface area contributed by atoms with E-state index >= 15 is 0 Å². The molecule has 1 aromatic heterocycles. The lowest BCUT2D eigenvalue weighted by Gasteiger charge is -2.10. The van der Waals surface area contributed by atoms with E-state index in [1.807, 2.05) is 6.92 Å². The van der Waals surface area contributed by atoms with Crippen LogP contribution in [0.2, 0.25) is 0 Å². The summed E-state index contributed by atoms with van der Waals surface area (Å²) in [6.07, 6.45) is 5.27. The van der Waals surface area contributed by atoms with Crippen LogP contribution < -0.4 is 10.9 Å². The molecule has 0 spiro atoms. The first-order valence-electron chi connectivity index (χ1n) is 7.60. The van der Waals surface area contributed by atoms with Crippen molar-refractivity contribution in [2.24, 2.45) is 0 Å². The lowest BCUT2D eigenvalue weighted by molar-refractivity contribution is -0.703. The van der Waals surface area contributed by atoms with Crippen LogP contribution >= 0.6 is 0 Å². The van der Waals surface area contributed by atoms with Gasteiger partial charge in [-0.05, 0) is 56.7 Å². The van der Waals surface area contributed by atoms with E-state index in [0.29, 0.717) is 6.04 Å². The van der Waals surface area contributed by atoms with Crippen molar-refractivity contribution in [3.05, 3.63) is 45.2 Å². The van der Waals surface area contributed by atoms with E-state index in [1.54, 1.807) is 0 Å². The van der Waals surface area contributed by atoms with Crippen LogP contribution in [0, 0.1) is 13.8 Å². The number of aromatic nitrogens is 1. The number of fused-ring (bicyclic) bond motifs is 1. The summed E-state index contributed by atoms with van der Waals surface area (Å²) >= 11 is 0. The smallest absolute Gasteiger partial charge is 0.257 e. The molecule has 3 rings (SSSR count). The van der Waals surface area contributed by atoms with Crippen LogP contribution in [0.1, 0.15) is 42.4 Å². The zero-order valence-corrected chi connectivity index (χ0v) is 12.3. The normalized spacial score (nSPS) is 16.1. The molecule has 0 aliphatic heterocycles. The first kappa shape index (κ1) is 13.4. The van der Waals surface area contributed by atoms with E-state index in [1.165, 1.54) is 36.6 Å². The molecule has 0 radical (unpaired) electrons. The molecule has 0 atom stereocenters. The first-order chi connectivity index (χ1) is 9.65. The van der Waals surface area contributed by atoms with E-state index in [4.69, 9.17) is 0 Å². The Hall–Kier alpha value is -1.61. The highest BCUT2D eigenvalue weighted by atomic mass is 16.1. The summed E-state index contributed by atoms with van der Waals surface area (Å²) < 4.78 is 0. The minimum atomic E-state index is 0.0699. The summed E-state index contributed by atoms with van der Waals surface area (Å²) in [6.45, 7) is 4.94. The zero-order valence-electron chi connectivity index (χ0n) is 12.3. The molecule has 1 heterocycles. The number of aromatic amines is 1. The maximum absolute atomic E-state index is 12.2. The third-order valence-electron chi connectivity index (χ3n) is 4.59. The highest BCUT2D eigenvalue weighted by Gasteiger charge is 2.18. The second-order valence-electron chi connectivity index (χ2n) is 6.10. The van der Waals surface area contributed by atoms with Gasteiger partial charge in [-0.3, -0.25) is 4.79 Å². The van der Waals surface area contributed by atoms with Crippen LogP contribution in [0.3, 0.4) is 0 Å². The number of hydrogen-bond acceptors (Lipinski definition) is 1. The molecule has 1 aliphatic rings. The second kappa shape index (κ2) is 5.41. The van der Waals surface area contributed by atoms with Crippen molar-refractivity contribution in [2.75, 3.05) is 0 Å². The number of pyridine rings is 1. The highest BCUT2D eigenvalue weighted by Crippen LogP contribution is 2.19. The van der Waals surface area contributed by atoms with Gasteiger partial charge in [-0.1, -0.05) is 12.1 Å². The maximum Gasteiger partial charge on any atom is 0.257 e. The largest absolute Gasteiger partial charge is 0.340 e. The van der Waals surface area contributed by atoms with E-state index in [-0.39, 0.29) is 5.56 Å². The maximum atomic E-state index is 12.2. The molecule has 106 valence electrons. The molecule has 3 N–H and O–H groups in total. The lowest BCUT2D eigenvalue weighted by Crippen LogP contribution is -2.88. The van der Waals surface area contributed by atoms with Crippen molar-refractivity contribution in [3.63, 3.8) is 0 Å². The van der Waals surface area contributed by atoms with Crippen LogP contribution in [-0.4, -0.2) is 11.0 Å². The second-order valence-corrected chi connectivity index (χ2v) is 6.10. The summed E-state index contributed by atoms with van der Waals surface area (Å²) in [5.41, 5.74) is 4.32. The molecule has 1 aliphatic carbocycles. The Morgan fingerprint density at radius 3 is 2.65 bits per heavy atom. The summed E-state index contributed by atoms with van der Waals surface area (Å²) in [6, 6.07) is 6.99. The quantitative estimate of drug-likeness (QED) is 0.883. The van der Waals surface area contributed by atoms with Gasteiger partial charge in [0.2, 0.25) is 0 Å². The zero-order chi connectivity index (χ0) is 14.1. The van der Waals surface area contributed by atoms with Gasteiger partial charge in [0.25, 0.3) is 5.56 Å². The number of H-pyrrole nitrogens is 1. The van der Waals surface area contributed by atoms with E-state index in [0.717, 1.165) is 23.2 Å². The summed E-state index contributed by atoms with van der Waals surface area (Å²) in [5.74, 6) is 0. The average Bonchev–Trinajstić information content (AvgIpc) is 2.94. The first-order valence-corrected chi connectivity index (χ1v) is 7.60. The van der Waals surface area contributed by atoms with Crippen molar-refractivity contribution in [1.82, 2.24) is 4.98 Å². The summed E-state index contributed by atoms with van der Waals surface area (Å²) in [5, 5.41) is 3.52. The van der Waals surface area contributed by atoms with Gasteiger partial charge < -0.3 is 10.3 Å². The minimum absolute atomic E-state index is 0.0699. The Morgan fingerprint density at radius 1 is 1.20 bits per heavy atom. The molecule has 0 saturated heterocycles. The predicted octanol–water partition coefficient (Wildman–Crippen LogP) is 2.15. The number of quaternary nitrogens is 1. The van der Waals surface area contributed by atoms with Gasteiger partial charge in [0.1, 0.15) is 6.54 Å². The number of nitrogens with two attached hydrogens (primary N) is 1. The molecule has 3 nitrogen and oxygen atoms in total. The van der Waals surface area contributed by atoms with Gasteiger partial charge in [-0.25, -0.2) is 0 Å². The van der Waals surface area contributed by atoms with E-state index in [9.17, 15) is 4.79 Å². The number of benzene rings is 1. The standard InChI is InChI=1S/C17H22N2O/c1-11-7-8-12(2)16-15(11)9-13(17(20)19-16)10-18-14-5-3-4-6-14/h7-9,14,18H,3-6,10H2,1-2H3,(H,19,20)/p+1. The molecule has 2 aromatic rings. The fraction of sp³-hybridized carbons (Fsp3) is 0.471. The molecule has 0 amide bonds. The molecule has 1 aromatic carbocycles. The van der Waals surface area contributed by atoms with Crippen molar-refractivity contribution in [3.8, 4) is 0 Å². The summed E-state index contributed by atoms with van der Waals surface area (Å²) in [7, 11) is 0. The van der Waals surface area contributed by atoms with Crippen LogP contribution in [0.5, 0.6) is 0 Å². The van der Waals surface area contributed by atoms with Gasteiger partial charge >= 0.3 is 0 Å². The van der Waals surface area contributed by atoms with Crippen molar-refractivity contribution >= 4 is 10.9 Å². The number of aryl methyl sites for hydroxylation is 2. The number of hydrogen-bond donors (Lipinski definition) is 2. The fourth-order valence-corrected chi connectivity index (χ4v) is 3.26. The Morgan fingerprint density at radius 2 is 1.90 bits per heavy atom.